The quantitative estimate of drug-likeness (QED) is 0.849. The number of carbonyl (C=O) groups is 2. The maximum Gasteiger partial charge on any atom is 0.326 e. The minimum Gasteiger partial charge on any atom is -0.480 e. The molecular formula is C17H21NO4S. The van der Waals surface area contributed by atoms with Gasteiger partial charge in [0.25, 0.3) is 5.91 Å². The maximum atomic E-state index is 12.4. The zero-order chi connectivity index (χ0) is 17.0. The van der Waals surface area contributed by atoms with Gasteiger partial charge in [-0.3, -0.25) is 4.79 Å². The summed E-state index contributed by atoms with van der Waals surface area (Å²) in [6, 6.07) is 6.59. The van der Waals surface area contributed by atoms with Crippen LogP contribution in [0, 0.1) is 0 Å². The Morgan fingerprint density at radius 2 is 2.00 bits per heavy atom. The molecule has 0 spiro atoms. The summed E-state index contributed by atoms with van der Waals surface area (Å²) in [7, 11) is 0. The second kappa shape index (κ2) is 7.10. The molecule has 2 aromatic rings. The molecule has 0 radical (unpaired) electrons. The van der Waals surface area contributed by atoms with Gasteiger partial charge in [0.1, 0.15) is 6.04 Å². The summed E-state index contributed by atoms with van der Waals surface area (Å²) in [6.45, 7) is 5.97. The van der Waals surface area contributed by atoms with E-state index >= 15 is 0 Å². The van der Waals surface area contributed by atoms with Crippen molar-refractivity contribution in [3.8, 4) is 0 Å². The number of carboxylic acid groups (broad SMARTS) is 1. The van der Waals surface area contributed by atoms with Crippen LogP contribution < -0.4 is 5.32 Å². The van der Waals surface area contributed by atoms with E-state index in [1.165, 1.54) is 11.3 Å². The van der Waals surface area contributed by atoms with Crippen LogP contribution in [-0.4, -0.2) is 35.2 Å². The Morgan fingerprint density at radius 1 is 1.30 bits per heavy atom. The molecule has 0 aliphatic rings. The van der Waals surface area contributed by atoms with Crippen molar-refractivity contribution in [1.82, 2.24) is 5.32 Å². The van der Waals surface area contributed by atoms with Gasteiger partial charge in [0.2, 0.25) is 0 Å². The van der Waals surface area contributed by atoms with Gasteiger partial charge < -0.3 is 15.2 Å². The molecular weight excluding hydrogens is 314 g/mol. The summed E-state index contributed by atoms with van der Waals surface area (Å²) in [5.41, 5.74) is 0.171. The molecule has 6 heteroatoms. The SMILES string of the molecule is CC(C)(C)OCCC(NC(=O)c1csc2ccccc12)C(=O)O. The van der Waals surface area contributed by atoms with E-state index in [4.69, 9.17) is 4.74 Å². The molecule has 1 amide bonds. The normalized spacial score (nSPS) is 13.0. The zero-order valence-corrected chi connectivity index (χ0v) is 14.3. The van der Waals surface area contributed by atoms with Crippen molar-refractivity contribution in [3.63, 3.8) is 0 Å². The number of benzene rings is 1. The first-order valence-corrected chi connectivity index (χ1v) is 8.30. The fourth-order valence-electron chi connectivity index (χ4n) is 2.13. The topological polar surface area (TPSA) is 75.6 Å². The highest BCUT2D eigenvalue weighted by molar-refractivity contribution is 7.17. The van der Waals surface area contributed by atoms with Crippen molar-refractivity contribution in [2.75, 3.05) is 6.61 Å². The molecule has 1 atom stereocenters. The lowest BCUT2D eigenvalue weighted by Crippen LogP contribution is -2.42. The number of thiophene rings is 1. The van der Waals surface area contributed by atoms with Crippen molar-refractivity contribution in [3.05, 3.63) is 35.2 Å². The van der Waals surface area contributed by atoms with Crippen molar-refractivity contribution in [2.24, 2.45) is 0 Å². The van der Waals surface area contributed by atoms with E-state index in [0.29, 0.717) is 5.56 Å². The summed E-state index contributed by atoms with van der Waals surface area (Å²) in [5, 5.41) is 14.5. The van der Waals surface area contributed by atoms with E-state index in [0.717, 1.165) is 10.1 Å². The molecule has 5 nitrogen and oxygen atoms in total. The fraction of sp³-hybridized carbons (Fsp3) is 0.412. The summed E-state index contributed by atoms with van der Waals surface area (Å²) in [4.78, 5) is 23.7. The molecule has 1 unspecified atom stereocenters. The van der Waals surface area contributed by atoms with Crippen LogP contribution in [0.4, 0.5) is 0 Å². The average molecular weight is 335 g/mol. The van der Waals surface area contributed by atoms with E-state index in [-0.39, 0.29) is 24.5 Å². The number of hydrogen-bond donors (Lipinski definition) is 2. The van der Waals surface area contributed by atoms with Crippen LogP contribution in [-0.2, 0) is 9.53 Å². The van der Waals surface area contributed by atoms with Crippen molar-refractivity contribution in [1.29, 1.82) is 0 Å². The first-order valence-electron chi connectivity index (χ1n) is 7.42. The molecule has 0 saturated heterocycles. The van der Waals surface area contributed by atoms with Crippen LogP contribution in [0.2, 0.25) is 0 Å². The van der Waals surface area contributed by atoms with Crippen LogP contribution in [0.3, 0.4) is 0 Å². The highest BCUT2D eigenvalue weighted by atomic mass is 32.1. The summed E-state index contributed by atoms with van der Waals surface area (Å²) < 4.78 is 6.54. The maximum absolute atomic E-state index is 12.4. The fourth-order valence-corrected chi connectivity index (χ4v) is 3.07. The smallest absolute Gasteiger partial charge is 0.326 e. The molecule has 1 aromatic heterocycles. The monoisotopic (exact) mass is 335 g/mol. The Kier molecular flexibility index (Phi) is 5.38. The molecule has 0 aliphatic carbocycles. The second-order valence-electron chi connectivity index (χ2n) is 6.26. The van der Waals surface area contributed by atoms with E-state index in [1.54, 1.807) is 5.38 Å². The summed E-state index contributed by atoms with van der Waals surface area (Å²) >= 11 is 1.47. The van der Waals surface area contributed by atoms with Gasteiger partial charge in [-0.15, -0.1) is 11.3 Å². The van der Waals surface area contributed by atoms with Gasteiger partial charge in [0.05, 0.1) is 11.2 Å². The van der Waals surface area contributed by atoms with Gasteiger partial charge in [0.15, 0.2) is 0 Å². The van der Waals surface area contributed by atoms with Crippen LogP contribution in [0.25, 0.3) is 10.1 Å². The lowest BCUT2D eigenvalue weighted by Gasteiger charge is -2.21. The summed E-state index contributed by atoms with van der Waals surface area (Å²) in [5.74, 6) is -1.43. The average Bonchev–Trinajstić information content (AvgIpc) is 2.88. The lowest BCUT2D eigenvalue weighted by atomic mass is 10.1. The number of ether oxygens (including phenoxy) is 1. The number of rotatable bonds is 6. The van der Waals surface area contributed by atoms with Gasteiger partial charge in [-0.05, 0) is 26.8 Å². The van der Waals surface area contributed by atoms with Gasteiger partial charge in [-0.25, -0.2) is 4.79 Å². The molecule has 1 aromatic carbocycles. The summed E-state index contributed by atoms with van der Waals surface area (Å²) in [6.07, 6.45) is 0.223. The Hall–Kier alpha value is -1.92. The van der Waals surface area contributed by atoms with Gasteiger partial charge >= 0.3 is 5.97 Å². The molecule has 0 fully saturated rings. The Balaban J connectivity index is 2.04. The molecule has 1 heterocycles. The standard InChI is InChI=1S/C17H21NO4S/c1-17(2,3)22-9-8-13(16(20)21)18-15(19)12-10-23-14-7-5-4-6-11(12)14/h4-7,10,13H,8-9H2,1-3H3,(H,18,19)(H,20,21). The lowest BCUT2D eigenvalue weighted by molar-refractivity contribution is -0.140. The van der Waals surface area contributed by atoms with E-state index in [1.807, 2.05) is 45.0 Å². The highest BCUT2D eigenvalue weighted by Crippen LogP contribution is 2.25. The Labute approximate surface area is 139 Å². The predicted molar refractivity (Wildman–Crippen MR) is 91.0 cm³/mol. The van der Waals surface area contributed by atoms with Crippen molar-refractivity contribution >= 4 is 33.3 Å². The Morgan fingerprint density at radius 3 is 2.65 bits per heavy atom. The molecule has 0 saturated carbocycles. The number of carbonyl (C=O) groups excluding carboxylic acids is 1. The van der Waals surface area contributed by atoms with Crippen LogP contribution in [0.15, 0.2) is 29.6 Å². The minimum absolute atomic E-state index is 0.223. The van der Waals surface area contributed by atoms with Crippen LogP contribution in [0.1, 0.15) is 37.6 Å². The van der Waals surface area contributed by atoms with Crippen molar-refractivity contribution in [2.45, 2.75) is 38.8 Å². The third kappa shape index (κ3) is 4.77. The number of amides is 1. The number of aliphatic carboxylic acids is 1. The third-order valence-electron chi connectivity index (χ3n) is 3.27. The van der Waals surface area contributed by atoms with Crippen molar-refractivity contribution < 1.29 is 19.4 Å². The number of fused-ring (bicyclic) bond motifs is 1. The zero-order valence-electron chi connectivity index (χ0n) is 13.5. The first kappa shape index (κ1) is 17.4. The predicted octanol–water partition coefficient (Wildman–Crippen LogP) is 3.29. The van der Waals surface area contributed by atoms with Crippen LogP contribution in [0.5, 0.6) is 0 Å². The largest absolute Gasteiger partial charge is 0.480 e. The Bertz CT molecular complexity index is 702. The van der Waals surface area contributed by atoms with Gasteiger partial charge in [-0.1, -0.05) is 18.2 Å². The second-order valence-corrected chi connectivity index (χ2v) is 7.17. The minimum atomic E-state index is -1.06. The van der Waals surface area contributed by atoms with E-state index in [9.17, 15) is 14.7 Å². The number of nitrogens with one attached hydrogen (secondary N) is 1. The van der Waals surface area contributed by atoms with Crippen LogP contribution >= 0.6 is 11.3 Å². The first-order chi connectivity index (χ1) is 10.8. The van der Waals surface area contributed by atoms with Gasteiger partial charge in [-0.2, -0.15) is 0 Å². The molecule has 124 valence electrons. The number of hydrogen-bond acceptors (Lipinski definition) is 4. The molecule has 2 N–H and O–H groups in total. The highest BCUT2D eigenvalue weighted by Gasteiger charge is 2.23. The molecule has 0 bridgehead atoms. The third-order valence-corrected chi connectivity index (χ3v) is 4.23. The molecule has 2 rings (SSSR count). The molecule has 0 aliphatic heterocycles. The number of carboxylic acids is 1. The molecule has 23 heavy (non-hydrogen) atoms. The van der Waals surface area contributed by atoms with E-state index in [2.05, 4.69) is 5.32 Å². The van der Waals surface area contributed by atoms with E-state index < -0.39 is 12.0 Å². The van der Waals surface area contributed by atoms with Gasteiger partial charge in [0, 0.05) is 28.5 Å².